The van der Waals surface area contributed by atoms with E-state index < -0.39 is 54.3 Å². The van der Waals surface area contributed by atoms with Gasteiger partial charge in [-0.2, -0.15) is 0 Å². The number of alkyl halides is 1. The molecule has 0 aromatic carbocycles. The topological polar surface area (TPSA) is 175 Å². The van der Waals surface area contributed by atoms with Crippen molar-refractivity contribution in [2.75, 3.05) is 32.1 Å². The SMILES string of the molecule is CCOC(=O)NCCC(C)(C)C(=O)SCCO[P+](=O)OC[C@H]1O[C@@H](n2ccc(=O)[nH]c2=O)[C@](C)(Cl)[C@@H]1O. The molecule has 0 radical (unpaired) electrons. The number of carbonyl (C=O) groups is 2. The number of H-pyrrole nitrogens is 1. The summed E-state index contributed by atoms with van der Waals surface area (Å²) in [5.74, 6) is 0.220. The highest BCUT2D eigenvalue weighted by Crippen LogP contribution is 2.43. The van der Waals surface area contributed by atoms with Crippen LogP contribution in [0.3, 0.4) is 0 Å². The van der Waals surface area contributed by atoms with Gasteiger partial charge in [0.25, 0.3) is 5.56 Å². The average molecular weight is 585 g/mol. The zero-order valence-corrected chi connectivity index (χ0v) is 23.4. The fourth-order valence-corrected chi connectivity index (χ4v) is 5.19. The number of hydrogen-bond donors (Lipinski definition) is 3. The summed E-state index contributed by atoms with van der Waals surface area (Å²) in [6.07, 6.45) is -2.39. The number of thioether (sulfide) groups is 1. The Morgan fingerprint density at radius 2 is 2.08 bits per heavy atom. The minimum Gasteiger partial charge on any atom is -0.450 e. The van der Waals surface area contributed by atoms with Crippen molar-refractivity contribution in [2.45, 2.75) is 57.4 Å². The Hall–Kier alpha value is -1.80. The normalized spacial score (nSPS) is 24.1. The number of aromatic amines is 1. The number of hydrogen-bond acceptors (Lipinski definition) is 11. The molecule has 2 rings (SSSR count). The van der Waals surface area contributed by atoms with E-state index in [1.807, 2.05) is 0 Å². The molecule has 0 bridgehead atoms. The van der Waals surface area contributed by atoms with E-state index >= 15 is 0 Å². The minimum absolute atomic E-state index is 0.0422. The van der Waals surface area contributed by atoms with Crippen molar-refractivity contribution in [3.8, 4) is 0 Å². The third-order valence-electron chi connectivity index (χ3n) is 5.53. The van der Waals surface area contributed by atoms with E-state index in [1.54, 1.807) is 20.8 Å². The van der Waals surface area contributed by atoms with E-state index in [4.69, 9.17) is 30.1 Å². The molecule has 1 aromatic heterocycles. The monoisotopic (exact) mass is 584 g/mol. The van der Waals surface area contributed by atoms with E-state index in [0.29, 0.717) is 6.42 Å². The van der Waals surface area contributed by atoms with Gasteiger partial charge in [-0.15, -0.1) is 20.6 Å². The first-order chi connectivity index (χ1) is 17.3. The van der Waals surface area contributed by atoms with Gasteiger partial charge >= 0.3 is 20.0 Å². The maximum atomic E-state index is 12.5. The third kappa shape index (κ3) is 8.88. The number of aliphatic hydroxyl groups is 1. The number of carbonyl (C=O) groups excluding carboxylic acids is 2. The van der Waals surface area contributed by atoms with Crippen molar-refractivity contribution >= 4 is 42.8 Å². The molecule has 16 heteroatoms. The molecule has 208 valence electrons. The fraction of sp³-hybridized carbons (Fsp3) is 0.714. The Labute approximate surface area is 223 Å². The van der Waals surface area contributed by atoms with E-state index in [-0.39, 0.29) is 37.2 Å². The van der Waals surface area contributed by atoms with Crippen molar-refractivity contribution in [1.29, 1.82) is 0 Å². The number of nitrogens with zero attached hydrogens (tertiary/aromatic N) is 1. The smallest absolute Gasteiger partial charge is 0.450 e. The number of rotatable bonds is 13. The quantitative estimate of drug-likeness (QED) is 0.175. The number of alkyl carbamates (subject to hydrolysis) is 1. The predicted octanol–water partition coefficient (Wildman–Crippen LogP) is 1.91. The summed E-state index contributed by atoms with van der Waals surface area (Å²) in [6, 6.07) is 1.11. The van der Waals surface area contributed by atoms with Crippen LogP contribution in [-0.2, 0) is 27.9 Å². The van der Waals surface area contributed by atoms with Gasteiger partial charge in [0.05, 0.1) is 6.61 Å². The second-order valence-corrected chi connectivity index (χ2v) is 11.8. The number of amides is 1. The molecule has 1 aliphatic heterocycles. The van der Waals surface area contributed by atoms with Gasteiger partial charge in [0, 0.05) is 34.5 Å². The maximum Gasteiger partial charge on any atom is 0.697 e. The lowest BCUT2D eigenvalue weighted by Crippen LogP contribution is -2.42. The van der Waals surface area contributed by atoms with Gasteiger partial charge in [0.1, 0.15) is 30.3 Å². The number of nitrogens with one attached hydrogen (secondary N) is 2. The van der Waals surface area contributed by atoms with E-state index in [1.165, 1.54) is 13.1 Å². The molecule has 1 unspecified atom stereocenters. The zero-order valence-electron chi connectivity index (χ0n) is 20.9. The van der Waals surface area contributed by atoms with Gasteiger partial charge in [-0.1, -0.05) is 25.6 Å². The molecule has 0 saturated carbocycles. The molecule has 1 fully saturated rings. The highest BCUT2D eigenvalue weighted by Gasteiger charge is 2.54. The zero-order chi connectivity index (χ0) is 27.8. The molecule has 1 aromatic rings. The van der Waals surface area contributed by atoms with Gasteiger partial charge in [0.2, 0.25) is 0 Å². The molecular formula is C21H32ClN3O10PS+. The molecule has 1 aliphatic rings. The summed E-state index contributed by atoms with van der Waals surface area (Å²) in [4.78, 5) is 47.8. The van der Waals surface area contributed by atoms with Crippen LogP contribution in [0.5, 0.6) is 0 Å². The van der Waals surface area contributed by atoms with E-state index in [2.05, 4.69) is 10.3 Å². The standard InChI is InChI=1S/C21H31ClN3O10PS/c1-5-32-19(30)23-8-7-20(2,3)17(28)37-11-10-33-36(31)34-12-13-15(27)21(4,22)16(35-13)25-9-6-14(26)24-18(25)29/h6,9,13,15-16,27H,5,7-8,10-12H2,1-4H3,(H-,23,24,26,29,30)/p+1/t13-,15-,16-,21-/m1/s1. The molecule has 13 nitrogen and oxygen atoms in total. The Morgan fingerprint density at radius 3 is 2.73 bits per heavy atom. The summed E-state index contributed by atoms with van der Waals surface area (Å²) in [5, 5.41) is 13.0. The lowest BCUT2D eigenvalue weighted by molar-refractivity contribution is -0.118. The molecule has 1 amide bonds. The van der Waals surface area contributed by atoms with Crippen molar-refractivity contribution in [1.82, 2.24) is 14.9 Å². The van der Waals surface area contributed by atoms with Crippen LogP contribution in [-0.4, -0.2) is 75.1 Å². The predicted molar refractivity (Wildman–Crippen MR) is 136 cm³/mol. The Kier molecular flexibility index (Phi) is 11.7. The first-order valence-corrected chi connectivity index (χ1v) is 13.9. The van der Waals surface area contributed by atoms with Crippen LogP contribution in [0.15, 0.2) is 21.9 Å². The van der Waals surface area contributed by atoms with Gasteiger partial charge in [0.15, 0.2) is 11.3 Å². The third-order valence-corrected chi connectivity index (χ3v) is 7.87. The molecule has 2 heterocycles. The highest BCUT2D eigenvalue weighted by molar-refractivity contribution is 8.13. The Balaban J connectivity index is 1.74. The fourth-order valence-electron chi connectivity index (χ4n) is 3.34. The van der Waals surface area contributed by atoms with Crippen LogP contribution in [0.1, 0.15) is 40.3 Å². The van der Waals surface area contributed by atoms with Crippen LogP contribution < -0.4 is 16.6 Å². The summed E-state index contributed by atoms with van der Waals surface area (Å²) in [6.45, 7) is 6.82. The van der Waals surface area contributed by atoms with Crippen LogP contribution in [0, 0.1) is 5.41 Å². The van der Waals surface area contributed by atoms with Gasteiger partial charge in [-0.05, 0) is 20.3 Å². The van der Waals surface area contributed by atoms with Crippen molar-refractivity contribution in [3.63, 3.8) is 0 Å². The second-order valence-electron chi connectivity index (χ2n) is 8.91. The van der Waals surface area contributed by atoms with Crippen LogP contribution in [0.4, 0.5) is 4.79 Å². The number of aliphatic hydroxyl groups excluding tert-OH is 1. The number of halogens is 1. The molecule has 37 heavy (non-hydrogen) atoms. The number of aromatic nitrogens is 2. The Morgan fingerprint density at radius 1 is 1.38 bits per heavy atom. The summed E-state index contributed by atoms with van der Waals surface area (Å²) in [7, 11) is -2.59. The maximum absolute atomic E-state index is 12.5. The molecule has 1 saturated heterocycles. The first-order valence-electron chi connectivity index (χ1n) is 11.4. The largest absolute Gasteiger partial charge is 0.697 e. The Bertz CT molecular complexity index is 1080. The number of ether oxygens (including phenoxy) is 2. The van der Waals surface area contributed by atoms with Crippen molar-refractivity contribution in [2.24, 2.45) is 5.41 Å². The van der Waals surface area contributed by atoms with Crippen LogP contribution >= 0.6 is 31.6 Å². The first kappa shape index (κ1) is 31.4. The molecule has 3 N–H and O–H groups in total. The highest BCUT2D eigenvalue weighted by atomic mass is 35.5. The van der Waals surface area contributed by atoms with Crippen LogP contribution in [0.2, 0.25) is 0 Å². The summed E-state index contributed by atoms with van der Waals surface area (Å²) >= 11 is 7.43. The molecular weight excluding hydrogens is 553 g/mol. The summed E-state index contributed by atoms with van der Waals surface area (Å²) < 4.78 is 33.8. The second kappa shape index (κ2) is 13.8. The van der Waals surface area contributed by atoms with Gasteiger partial charge < -0.3 is 19.9 Å². The minimum atomic E-state index is -2.59. The molecule has 5 atom stereocenters. The van der Waals surface area contributed by atoms with E-state index in [9.17, 15) is 28.8 Å². The lowest BCUT2D eigenvalue weighted by atomic mass is 9.91. The summed E-state index contributed by atoms with van der Waals surface area (Å²) in [5.41, 5.74) is -2.07. The lowest BCUT2D eigenvalue weighted by Gasteiger charge is -2.26. The average Bonchev–Trinajstić information content (AvgIpc) is 3.03. The van der Waals surface area contributed by atoms with Crippen molar-refractivity contribution in [3.05, 3.63) is 33.1 Å². The van der Waals surface area contributed by atoms with Gasteiger partial charge in [-0.3, -0.25) is 19.1 Å². The van der Waals surface area contributed by atoms with Gasteiger partial charge in [-0.25, -0.2) is 9.59 Å². The van der Waals surface area contributed by atoms with E-state index in [0.717, 1.165) is 22.4 Å². The van der Waals surface area contributed by atoms with Crippen molar-refractivity contribution < 1.29 is 37.8 Å². The molecule has 0 aliphatic carbocycles. The molecule has 0 spiro atoms. The van der Waals surface area contributed by atoms with Crippen LogP contribution in [0.25, 0.3) is 0 Å².